The summed E-state index contributed by atoms with van der Waals surface area (Å²) in [5.74, 6) is -0.535. The second-order valence-corrected chi connectivity index (χ2v) is 5.74. The van der Waals surface area contributed by atoms with Gasteiger partial charge in [0.2, 0.25) is 0 Å². The van der Waals surface area contributed by atoms with Crippen molar-refractivity contribution < 1.29 is 19.1 Å². The second-order valence-electron chi connectivity index (χ2n) is 5.74. The lowest BCUT2D eigenvalue weighted by atomic mass is 10.1. The minimum Gasteiger partial charge on any atom is -0.464 e. The number of carbonyl (C=O) groups excluding carboxylic acids is 2. The van der Waals surface area contributed by atoms with Gasteiger partial charge in [0.15, 0.2) is 0 Å². The Kier molecular flexibility index (Phi) is 6.15. The van der Waals surface area contributed by atoms with E-state index in [2.05, 4.69) is 10.3 Å². The van der Waals surface area contributed by atoms with Gasteiger partial charge in [0, 0.05) is 12.1 Å². The monoisotopic (exact) mass is 309 g/mol. The van der Waals surface area contributed by atoms with E-state index < -0.39 is 23.7 Å². The Bertz CT molecular complexity index is 509. The van der Waals surface area contributed by atoms with Crippen LogP contribution in [0.5, 0.6) is 0 Å². The molecule has 22 heavy (non-hydrogen) atoms. The lowest BCUT2D eigenvalue weighted by Gasteiger charge is -2.22. The number of pyridine rings is 1. The van der Waals surface area contributed by atoms with Gasteiger partial charge in [-0.25, -0.2) is 9.59 Å². The van der Waals surface area contributed by atoms with Crippen LogP contribution in [0.3, 0.4) is 0 Å². The maximum atomic E-state index is 12.0. The zero-order chi connectivity index (χ0) is 16.8. The number of hydrogen-bond donors (Lipinski definition) is 2. The van der Waals surface area contributed by atoms with Gasteiger partial charge >= 0.3 is 12.1 Å². The highest BCUT2D eigenvalue weighted by Crippen LogP contribution is 2.09. The van der Waals surface area contributed by atoms with E-state index in [1.165, 1.54) is 6.20 Å². The molecule has 3 N–H and O–H groups in total. The molecule has 1 heterocycles. The number of esters is 1. The highest BCUT2D eigenvalue weighted by molar-refractivity contribution is 5.81. The van der Waals surface area contributed by atoms with Crippen molar-refractivity contribution in [2.24, 2.45) is 0 Å². The van der Waals surface area contributed by atoms with E-state index in [4.69, 9.17) is 15.2 Å². The number of ether oxygens (including phenoxy) is 2. The number of carbonyl (C=O) groups is 2. The van der Waals surface area contributed by atoms with Crippen LogP contribution in [0.15, 0.2) is 18.3 Å². The average Bonchev–Trinajstić information content (AvgIpc) is 2.38. The summed E-state index contributed by atoms with van der Waals surface area (Å²) < 4.78 is 10.1. The second kappa shape index (κ2) is 7.63. The smallest absolute Gasteiger partial charge is 0.408 e. The molecule has 7 nitrogen and oxygen atoms in total. The van der Waals surface area contributed by atoms with E-state index in [1.54, 1.807) is 39.8 Å². The quantitative estimate of drug-likeness (QED) is 0.802. The molecule has 0 spiro atoms. The minimum atomic E-state index is -0.870. The fraction of sp³-hybridized carbons (Fsp3) is 0.533. The number of nitrogen functional groups attached to an aromatic ring is 1. The van der Waals surface area contributed by atoms with Crippen molar-refractivity contribution in [3.8, 4) is 0 Å². The van der Waals surface area contributed by atoms with E-state index in [0.29, 0.717) is 11.4 Å². The van der Waals surface area contributed by atoms with Crippen LogP contribution in [-0.4, -0.2) is 35.3 Å². The van der Waals surface area contributed by atoms with Crippen molar-refractivity contribution in [3.05, 3.63) is 24.0 Å². The average molecular weight is 309 g/mol. The first-order chi connectivity index (χ1) is 10.2. The molecule has 0 radical (unpaired) electrons. The molecular formula is C15H23N3O4. The van der Waals surface area contributed by atoms with E-state index in [-0.39, 0.29) is 13.0 Å². The molecule has 0 unspecified atom stereocenters. The number of nitrogens with one attached hydrogen (secondary N) is 1. The molecule has 1 amide bonds. The summed E-state index contributed by atoms with van der Waals surface area (Å²) in [6, 6.07) is 2.50. The fourth-order valence-electron chi connectivity index (χ4n) is 1.65. The van der Waals surface area contributed by atoms with Gasteiger partial charge in [-0.1, -0.05) is 0 Å². The number of nitrogens with zero attached hydrogens (tertiary/aromatic N) is 1. The van der Waals surface area contributed by atoms with Gasteiger partial charge < -0.3 is 20.5 Å². The SMILES string of the molecule is CCOC(=O)[C@H](Cc1ccc(N)cn1)NC(=O)OC(C)(C)C. The molecule has 0 saturated carbocycles. The molecule has 0 aliphatic carbocycles. The Morgan fingerprint density at radius 2 is 2.05 bits per heavy atom. The van der Waals surface area contributed by atoms with Crippen molar-refractivity contribution in [3.63, 3.8) is 0 Å². The third-order valence-electron chi connectivity index (χ3n) is 2.52. The molecule has 0 aliphatic heterocycles. The molecule has 0 aromatic carbocycles. The third-order valence-corrected chi connectivity index (χ3v) is 2.52. The van der Waals surface area contributed by atoms with Crippen LogP contribution in [-0.2, 0) is 20.7 Å². The molecule has 7 heteroatoms. The molecule has 0 aliphatic rings. The molecule has 1 rings (SSSR count). The molecule has 1 aromatic rings. The van der Waals surface area contributed by atoms with Gasteiger partial charge in [0.1, 0.15) is 11.6 Å². The fourth-order valence-corrected chi connectivity index (χ4v) is 1.65. The Hall–Kier alpha value is -2.31. The number of hydrogen-bond acceptors (Lipinski definition) is 6. The Labute approximate surface area is 130 Å². The third kappa shape index (κ3) is 6.43. The Morgan fingerprint density at radius 3 is 2.55 bits per heavy atom. The summed E-state index contributed by atoms with van der Waals surface area (Å²) in [7, 11) is 0. The highest BCUT2D eigenvalue weighted by atomic mass is 16.6. The van der Waals surface area contributed by atoms with Crippen molar-refractivity contribution >= 4 is 17.7 Å². The van der Waals surface area contributed by atoms with E-state index in [9.17, 15) is 9.59 Å². The van der Waals surface area contributed by atoms with E-state index >= 15 is 0 Å². The van der Waals surface area contributed by atoms with Gasteiger partial charge in [-0.2, -0.15) is 0 Å². The minimum absolute atomic E-state index is 0.193. The zero-order valence-corrected chi connectivity index (χ0v) is 13.4. The number of amides is 1. The predicted octanol–water partition coefficient (Wildman–Crippen LogP) is 1.66. The van der Waals surface area contributed by atoms with E-state index in [0.717, 1.165) is 0 Å². The topological polar surface area (TPSA) is 104 Å². The van der Waals surface area contributed by atoms with Crippen LogP contribution in [0.4, 0.5) is 10.5 Å². The van der Waals surface area contributed by atoms with Crippen LogP contribution in [0, 0.1) is 0 Å². The Morgan fingerprint density at radius 1 is 1.36 bits per heavy atom. The van der Waals surface area contributed by atoms with Gasteiger partial charge in [-0.05, 0) is 39.8 Å². The molecule has 1 aromatic heterocycles. The number of anilines is 1. The lowest BCUT2D eigenvalue weighted by Crippen LogP contribution is -2.45. The standard InChI is InChI=1S/C15H23N3O4/c1-5-21-13(19)12(18-14(20)22-15(2,3)4)8-11-7-6-10(16)9-17-11/h6-7,9,12H,5,8,16H2,1-4H3,(H,18,20)/t12-/m0/s1. The number of aromatic nitrogens is 1. The number of nitrogens with two attached hydrogens (primary N) is 1. The summed E-state index contributed by atoms with van der Waals surface area (Å²) in [5, 5.41) is 2.51. The van der Waals surface area contributed by atoms with Crippen LogP contribution in [0.2, 0.25) is 0 Å². The zero-order valence-electron chi connectivity index (χ0n) is 13.4. The predicted molar refractivity (Wildman–Crippen MR) is 82.1 cm³/mol. The van der Waals surface area contributed by atoms with Gasteiger partial charge in [-0.15, -0.1) is 0 Å². The van der Waals surface area contributed by atoms with Gasteiger partial charge in [0.05, 0.1) is 18.5 Å². The summed E-state index contributed by atoms with van der Waals surface area (Å²) in [4.78, 5) is 27.9. The highest BCUT2D eigenvalue weighted by Gasteiger charge is 2.26. The van der Waals surface area contributed by atoms with Crippen LogP contribution in [0.25, 0.3) is 0 Å². The first-order valence-corrected chi connectivity index (χ1v) is 7.08. The summed E-state index contributed by atoms with van der Waals surface area (Å²) in [6.45, 7) is 7.15. The van der Waals surface area contributed by atoms with Crippen LogP contribution in [0.1, 0.15) is 33.4 Å². The van der Waals surface area contributed by atoms with Gasteiger partial charge in [-0.3, -0.25) is 4.98 Å². The summed E-state index contributed by atoms with van der Waals surface area (Å²) in [5.41, 5.74) is 6.06. The molecule has 0 saturated heterocycles. The number of alkyl carbamates (subject to hydrolysis) is 1. The molecule has 1 atom stereocenters. The Balaban J connectivity index is 2.77. The van der Waals surface area contributed by atoms with E-state index in [1.807, 2.05) is 0 Å². The van der Waals surface area contributed by atoms with Crippen molar-refractivity contribution in [1.82, 2.24) is 10.3 Å². The maximum Gasteiger partial charge on any atom is 0.408 e. The maximum absolute atomic E-state index is 12.0. The van der Waals surface area contributed by atoms with Crippen molar-refractivity contribution in [1.29, 1.82) is 0 Å². The largest absolute Gasteiger partial charge is 0.464 e. The molecule has 0 fully saturated rings. The normalized spacial score (nSPS) is 12.4. The lowest BCUT2D eigenvalue weighted by molar-refractivity contribution is -0.145. The van der Waals surface area contributed by atoms with Crippen LogP contribution >= 0.6 is 0 Å². The van der Waals surface area contributed by atoms with Crippen LogP contribution < -0.4 is 11.1 Å². The summed E-state index contributed by atoms with van der Waals surface area (Å²) >= 11 is 0. The first kappa shape index (κ1) is 17.7. The molecule has 0 bridgehead atoms. The molecule has 122 valence electrons. The number of rotatable bonds is 5. The van der Waals surface area contributed by atoms with Crippen molar-refractivity contribution in [2.75, 3.05) is 12.3 Å². The molecular weight excluding hydrogens is 286 g/mol. The van der Waals surface area contributed by atoms with Crippen molar-refractivity contribution in [2.45, 2.75) is 45.8 Å². The first-order valence-electron chi connectivity index (χ1n) is 7.08. The van der Waals surface area contributed by atoms with Gasteiger partial charge in [0.25, 0.3) is 0 Å². The summed E-state index contributed by atoms with van der Waals surface area (Å²) in [6.07, 6.45) is 1.00.